The molecule has 3 rings (SSSR count). The summed E-state index contributed by atoms with van der Waals surface area (Å²) in [6.07, 6.45) is 3.30. The molecule has 0 saturated carbocycles. The van der Waals surface area contributed by atoms with E-state index in [1.54, 1.807) is 0 Å². The van der Waals surface area contributed by atoms with Gasteiger partial charge in [-0.3, -0.25) is 0 Å². The van der Waals surface area contributed by atoms with Gasteiger partial charge in [-0.05, 0) is 0 Å². The number of aromatic nitrogens is 2. The first kappa shape index (κ1) is 9.16. The van der Waals surface area contributed by atoms with Crippen LogP contribution in [0.2, 0.25) is 0 Å². The van der Waals surface area contributed by atoms with Crippen LogP contribution in [-0.4, -0.2) is 4.57 Å². The van der Waals surface area contributed by atoms with Crippen LogP contribution in [0.1, 0.15) is 0 Å². The average molecular weight is 208 g/mol. The van der Waals surface area contributed by atoms with E-state index in [1.807, 2.05) is 35.9 Å². The zero-order valence-electron chi connectivity index (χ0n) is 9.09. The summed E-state index contributed by atoms with van der Waals surface area (Å²) in [5, 5.41) is 0. The summed E-state index contributed by atoms with van der Waals surface area (Å²) >= 11 is 0. The van der Waals surface area contributed by atoms with Gasteiger partial charge in [0.2, 0.25) is 6.33 Å². The maximum Gasteiger partial charge on any atom is 0.244 e. The Balaban J connectivity index is 2.33. The number of nitrogens with zero attached hydrogens (tertiary/aromatic N) is 2. The van der Waals surface area contributed by atoms with Crippen molar-refractivity contribution >= 4 is 11.0 Å². The van der Waals surface area contributed by atoms with E-state index in [0.717, 1.165) is 5.69 Å². The first-order valence-electron chi connectivity index (χ1n) is 5.30. The highest BCUT2D eigenvalue weighted by Crippen LogP contribution is 2.11. The Morgan fingerprint density at radius 2 is 1.62 bits per heavy atom. The second-order valence-corrected chi connectivity index (χ2v) is 3.82. The molecule has 0 unspecified atom stereocenters. The van der Waals surface area contributed by atoms with Crippen molar-refractivity contribution in [1.82, 2.24) is 4.57 Å². The normalized spacial score (nSPS) is 10.8. The third-order valence-corrected chi connectivity index (χ3v) is 2.75. The molecule has 0 atom stereocenters. The van der Waals surface area contributed by atoms with E-state index in [0.29, 0.717) is 0 Å². The van der Waals surface area contributed by atoms with E-state index in [4.69, 9.17) is 0 Å². The average Bonchev–Trinajstić information content (AvgIpc) is 2.69. The summed E-state index contributed by atoms with van der Waals surface area (Å²) in [4.78, 5) is 0. The van der Waals surface area contributed by atoms with Crippen LogP contribution in [-0.2, 0) is 7.05 Å². The van der Waals surface area contributed by atoms with E-state index in [-0.39, 0.29) is 0 Å². The van der Waals surface area contributed by atoms with Gasteiger partial charge in [0.05, 0.1) is 23.8 Å². The Kier molecular flexibility index (Phi) is 2.00. The summed E-state index contributed by atoms with van der Waals surface area (Å²) < 4.78 is 4.09. The van der Waals surface area contributed by atoms with E-state index < -0.39 is 0 Å². The van der Waals surface area contributed by atoms with Crippen LogP contribution in [0.3, 0.4) is 0 Å². The molecule has 0 N–H and O–H groups in total. The van der Waals surface area contributed by atoms with Gasteiger partial charge in [0.1, 0.15) is 0 Å². The molecule has 0 amide bonds. The Bertz CT molecular complexity index is 624. The van der Waals surface area contributed by atoms with Crippen LogP contribution in [0.15, 0.2) is 54.6 Å². The van der Waals surface area contributed by atoms with Gasteiger partial charge in [0.15, 0.2) is 0 Å². The second-order valence-electron chi connectivity index (χ2n) is 3.82. The number of para-hydroxylation sites is 3. The molecule has 2 aromatic carbocycles. The minimum Gasteiger partial charge on any atom is -0.319 e. The lowest BCUT2D eigenvalue weighted by molar-refractivity contribution is -0.572. The largest absolute Gasteiger partial charge is 0.319 e. The number of benzene rings is 2. The molecule has 0 aliphatic rings. The maximum atomic E-state index is 3.30. The molecule has 2 heteroatoms. The molecule has 0 radical (unpaired) electrons. The Hall–Kier alpha value is -2.09. The standard InChI is InChI=1S/C14H12N2/c1-15-11-16(12-7-3-2-4-8-12)14-10-6-5-9-13(14)15/h2-10H,1H3. The van der Waals surface area contributed by atoms with Gasteiger partial charge < -0.3 is 9.13 Å². The van der Waals surface area contributed by atoms with Gasteiger partial charge in [-0.25, -0.2) is 0 Å². The fraction of sp³-hybridized carbons (Fsp3) is 0.0714. The molecular weight excluding hydrogens is 196 g/mol. The van der Waals surface area contributed by atoms with Crippen LogP contribution in [0.25, 0.3) is 16.7 Å². The van der Waals surface area contributed by atoms with E-state index in [2.05, 4.69) is 41.2 Å². The number of hydrogen-bond donors (Lipinski definition) is 0. The molecule has 2 nitrogen and oxygen atoms in total. The highest BCUT2D eigenvalue weighted by molar-refractivity contribution is 5.71. The summed E-state index contributed by atoms with van der Waals surface area (Å²) in [5.74, 6) is 0. The van der Waals surface area contributed by atoms with Crippen molar-refractivity contribution in [1.29, 1.82) is 0 Å². The van der Waals surface area contributed by atoms with Crippen molar-refractivity contribution in [2.75, 3.05) is 0 Å². The van der Waals surface area contributed by atoms with Crippen LogP contribution in [0, 0.1) is 6.33 Å². The molecular formula is C14H12N2. The molecule has 0 fully saturated rings. The van der Waals surface area contributed by atoms with Crippen LogP contribution < -0.4 is 4.57 Å². The lowest BCUT2D eigenvalue weighted by atomic mass is 10.3. The fourth-order valence-electron chi connectivity index (χ4n) is 1.97. The highest BCUT2D eigenvalue weighted by atomic mass is 15.1. The zero-order chi connectivity index (χ0) is 11.0. The van der Waals surface area contributed by atoms with Gasteiger partial charge in [0.25, 0.3) is 0 Å². The van der Waals surface area contributed by atoms with Gasteiger partial charge in [-0.1, -0.05) is 54.6 Å². The van der Waals surface area contributed by atoms with Crippen LogP contribution in [0.4, 0.5) is 0 Å². The number of aryl methyl sites for hydroxylation is 1. The molecule has 0 aliphatic carbocycles. The molecule has 0 saturated heterocycles. The molecule has 1 heterocycles. The first-order chi connectivity index (χ1) is 7.86. The first-order valence-corrected chi connectivity index (χ1v) is 5.30. The zero-order valence-corrected chi connectivity index (χ0v) is 9.09. The smallest absolute Gasteiger partial charge is 0.244 e. The van der Waals surface area contributed by atoms with Crippen molar-refractivity contribution in [2.45, 2.75) is 0 Å². The second kappa shape index (κ2) is 3.49. The summed E-state index contributed by atoms with van der Waals surface area (Å²) in [5.41, 5.74) is 3.50. The Labute approximate surface area is 94.4 Å². The minimum atomic E-state index is 1.14. The molecule has 0 bridgehead atoms. The third kappa shape index (κ3) is 1.31. The molecule has 1 aromatic heterocycles. The monoisotopic (exact) mass is 208 g/mol. The molecule has 0 aliphatic heterocycles. The molecule has 0 spiro atoms. The van der Waals surface area contributed by atoms with Gasteiger partial charge in [-0.15, -0.1) is 0 Å². The number of imidazole rings is 1. The molecule has 16 heavy (non-hydrogen) atoms. The predicted octanol–water partition coefficient (Wildman–Crippen LogP) is 2.26. The maximum absolute atomic E-state index is 3.30. The van der Waals surface area contributed by atoms with Crippen LogP contribution in [0.5, 0.6) is 0 Å². The van der Waals surface area contributed by atoms with Crippen molar-refractivity contribution in [3.05, 3.63) is 60.9 Å². The van der Waals surface area contributed by atoms with Crippen molar-refractivity contribution in [3.8, 4) is 5.69 Å². The lowest BCUT2D eigenvalue weighted by Crippen LogP contribution is -2.29. The number of rotatable bonds is 1. The quantitative estimate of drug-likeness (QED) is 0.428. The predicted molar refractivity (Wildman–Crippen MR) is 63.3 cm³/mol. The van der Waals surface area contributed by atoms with Gasteiger partial charge in [-0.2, -0.15) is 0 Å². The summed E-state index contributed by atoms with van der Waals surface area (Å²) in [6, 6.07) is 18.6. The topological polar surface area (TPSA) is 8.81 Å². The third-order valence-electron chi connectivity index (χ3n) is 2.75. The lowest BCUT2D eigenvalue weighted by Gasteiger charge is -2.03. The SMILES string of the molecule is Cn1[c-][n+](-c2ccccc2)c2ccccc21. The summed E-state index contributed by atoms with van der Waals surface area (Å²) in [6.45, 7) is 0. The van der Waals surface area contributed by atoms with Gasteiger partial charge in [0, 0.05) is 0 Å². The number of hydrogen-bond acceptors (Lipinski definition) is 0. The number of fused-ring (bicyclic) bond motifs is 1. The molecule has 78 valence electrons. The van der Waals surface area contributed by atoms with Crippen molar-refractivity contribution in [3.63, 3.8) is 0 Å². The summed E-state index contributed by atoms with van der Waals surface area (Å²) in [7, 11) is 2.02. The Morgan fingerprint density at radius 3 is 2.44 bits per heavy atom. The highest BCUT2D eigenvalue weighted by Gasteiger charge is 2.04. The van der Waals surface area contributed by atoms with E-state index in [9.17, 15) is 0 Å². The van der Waals surface area contributed by atoms with E-state index in [1.165, 1.54) is 11.0 Å². The van der Waals surface area contributed by atoms with E-state index >= 15 is 0 Å². The molecule has 3 aromatic rings. The Morgan fingerprint density at radius 1 is 0.938 bits per heavy atom. The van der Waals surface area contributed by atoms with Crippen LogP contribution >= 0.6 is 0 Å². The fourth-order valence-corrected chi connectivity index (χ4v) is 1.97. The van der Waals surface area contributed by atoms with Crippen molar-refractivity contribution in [2.24, 2.45) is 7.05 Å². The van der Waals surface area contributed by atoms with Crippen molar-refractivity contribution < 1.29 is 4.57 Å². The minimum absolute atomic E-state index is 1.14. The van der Waals surface area contributed by atoms with Gasteiger partial charge >= 0.3 is 0 Å².